The smallest absolute Gasteiger partial charge is 0.330 e. The van der Waals surface area contributed by atoms with Gasteiger partial charge in [0.15, 0.2) is 0 Å². The van der Waals surface area contributed by atoms with Gasteiger partial charge >= 0.3 is 5.69 Å². The van der Waals surface area contributed by atoms with Gasteiger partial charge < -0.3 is 9.72 Å². The van der Waals surface area contributed by atoms with Crippen LogP contribution >= 0.6 is 12.2 Å². The fraction of sp³-hybridized carbons (Fsp3) is 0.600. The van der Waals surface area contributed by atoms with Gasteiger partial charge in [0.25, 0.3) is 5.56 Å². The normalized spacial score (nSPS) is 15.5. The minimum atomic E-state index is -0.500. The zero-order valence-electron chi connectivity index (χ0n) is 13.1. The fourth-order valence-electron chi connectivity index (χ4n) is 3.22. The van der Waals surface area contributed by atoms with Crippen molar-refractivity contribution in [1.82, 2.24) is 19.5 Å². The van der Waals surface area contributed by atoms with E-state index in [1.807, 2.05) is 0 Å². The van der Waals surface area contributed by atoms with Crippen LogP contribution in [0.5, 0.6) is 0 Å². The van der Waals surface area contributed by atoms with E-state index >= 15 is 0 Å². The Balaban J connectivity index is 2.13. The predicted molar refractivity (Wildman–Crippen MR) is 89.3 cm³/mol. The molecule has 7 nitrogen and oxygen atoms in total. The maximum Gasteiger partial charge on any atom is 0.330 e. The van der Waals surface area contributed by atoms with E-state index in [4.69, 9.17) is 17.0 Å². The SMILES string of the molecule is COCCn1c(=O)[nH]c(=O)c2c(=S)nc(CC3CCCC3)[nH]c21. The monoisotopic (exact) mass is 336 g/mol. The summed E-state index contributed by atoms with van der Waals surface area (Å²) in [5.41, 5.74) is -0.535. The molecule has 2 heterocycles. The van der Waals surface area contributed by atoms with Gasteiger partial charge in [0.05, 0.1) is 13.2 Å². The maximum absolute atomic E-state index is 12.1. The first-order valence-electron chi connectivity index (χ1n) is 7.85. The van der Waals surface area contributed by atoms with Gasteiger partial charge in [-0.05, 0) is 5.92 Å². The highest BCUT2D eigenvalue weighted by molar-refractivity contribution is 7.71. The summed E-state index contributed by atoms with van der Waals surface area (Å²) in [7, 11) is 1.56. The molecule has 2 aromatic rings. The molecule has 0 aliphatic heterocycles. The van der Waals surface area contributed by atoms with Crippen molar-refractivity contribution in [3.63, 3.8) is 0 Å². The number of ether oxygens (including phenoxy) is 1. The van der Waals surface area contributed by atoms with Crippen molar-refractivity contribution in [2.45, 2.75) is 38.6 Å². The van der Waals surface area contributed by atoms with E-state index < -0.39 is 11.2 Å². The van der Waals surface area contributed by atoms with Crippen LogP contribution in [0.3, 0.4) is 0 Å². The minimum absolute atomic E-state index is 0.235. The van der Waals surface area contributed by atoms with E-state index in [0.717, 1.165) is 12.2 Å². The standard InChI is InChI=1S/C15H20N4O3S/c1-22-7-6-19-12-11(13(20)18-15(19)21)14(23)17-10(16-12)8-9-4-2-3-5-9/h9H,2-8H2,1H3,(H,16,17,23)(H,18,20,21). The maximum atomic E-state index is 12.1. The van der Waals surface area contributed by atoms with E-state index in [-0.39, 0.29) is 10.0 Å². The zero-order chi connectivity index (χ0) is 16.4. The summed E-state index contributed by atoms with van der Waals surface area (Å²) < 4.78 is 6.73. The first-order valence-corrected chi connectivity index (χ1v) is 8.26. The predicted octanol–water partition coefficient (Wildman–Crippen LogP) is 1.52. The van der Waals surface area contributed by atoms with Crippen molar-refractivity contribution in [2.75, 3.05) is 13.7 Å². The van der Waals surface area contributed by atoms with Crippen LogP contribution in [0.1, 0.15) is 31.5 Å². The largest absolute Gasteiger partial charge is 0.383 e. The Morgan fingerprint density at radius 3 is 2.74 bits per heavy atom. The summed E-state index contributed by atoms with van der Waals surface area (Å²) in [4.78, 5) is 34.0. The molecule has 2 N–H and O–H groups in total. The topological polar surface area (TPSA) is 92.8 Å². The highest BCUT2D eigenvalue weighted by atomic mass is 32.1. The minimum Gasteiger partial charge on any atom is -0.383 e. The van der Waals surface area contributed by atoms with Crippen molar-refractivity contribution in [3.8, 4) is 0 Å². The van der Waals surface area contributed by atoms with Crippen LogP contribution in [-0.2, 0) is 17.7 Å². The van der Waals surface area contributed by atoms with Gasteiger partial charge in [-0.15, -0.1) is 0 Å². The number of hydrogen-bond acceptors (Lipinski definition) is 5. The first kappa shape index (κ1) is 16.1. The second-order valence-electron chi connectivity index (χ2n) is 5.97. The molecular formula is C15H20N4O3S. The van der Waals surface area contributed by atoms with Gasteiger partial charge in [-0.25, -0.2) is 9.78 Å². The Hall–Kier alpha value is -1.80. The third kappa shape index (κ3) is 3.28. The molecule has 1 aliphatic carbocycles. The molecule has 2 aromatic heterocycles. The van der Waals surface area contributed by atoms with Crippen LogP contribution in [0.15, 0.2) is 9.59 Å². The van der Waals surface area contributed by atoms with Crippen LogP contribution in [0.2, 0.25) is 0 Å². The zero-order valence-corrected chi connectivity index (χ0v) is 13.9. The van der Waals surface area contributed by atoms with Crippen LogP contribution in [0, 0.1) is 10.6 Å². The van der Waals surface area contributed by atoms with Gasteiger partial charge in [-0.1, -0.05) is 37.9 Å². The molecule has 23 heavy (non-hydrogen) atoms. The summed E-state index contributed by atoms with van der Waals surface area (Å²) in [6, 6.07) is 0. The van der Waals surface area contributed by atoms with Crippen molar-refractivity contribution < 1.29 is 4.74 Å². The lowest BCUT2D eigenvalue weighted by Crippen LogP contribution is -2.32. The van der Waals surface area contributed by atoms with E-state index in [2.05, 4.69) is 15.0 Å². The van der Waals surface area contributed by atoms with Crippen LogP contribution in [-0.4, -0.2) is 33.2 Å². The highest BCUT2D eigenvalue weighted by Gasteiger charge is 2.18. The molecule has 1 fully saturated rings. The molecule has 8 heteroatoms. The van der Waals surface area contributed by atoms with Crippen LogP contribution < -0.4 is 11.2 Å². The van der Waals surface area contributed by atoms with Crippen molar-refractivity contribution >= 4 is 23.3 Å². The van der Waals surface area contributed by atoms with Crippen LogP contribution in [0.4, 0.5) is 0 Å². The molecule has 0 aromatic carbocycles. The lowest BCUT2D eigenvalue weighted by Gasteiger charge is -2.12. The third-order valence-corrected chi connectivity index (χ3v) is 4.68. The number of aromatic amines is 2. The molecule has 0 spiro atoms. The van der Waals surface area contributed by atoms with Crippen LogP contribution in [0.25, 0.3) is 11.0 Å². The molecule has 0 atom stereocenters. The average Bonchev–Trinajstić information content (AvgIpc) is 2.99. The number of rotatable bonds is 5. The summed E-state index contributed by atoms with van der Waals surface area (Å²) in [6.07, 6.45) is 5.66. The summed E-state index contributed by atoms with van der Waals surface area (Å²) >= 11 is 5.29. The number of H-pyrrole nitrogens is 2. The second-order valence-corrected chi connectivity index (χ2v) is 6.36. The summed E-state index contributed by atoms with van der Waals surface area (Å²) in [5.74, 6) is 1.33. The number of nitrogens with one attached hydrogen (secondary N) is 2. The molecule has 1 aliphatic rings. The lowest BCUT2D eigenvalue weighted by molar-refractivity contribution is 0.187. The summed E-state index contributed by atoms with van der Waals surface area (Å²) in [5, 5.41) is 0.255. The van der Waals surface area contributed by atoms with Gasteiger partial charge in [-0.2, -0.15) is 0 Å². The number of aromatic nitrogens is 4. The number of hydrogen-bond donors (Lipinski definition) is 2. The average molecular weight is 336 g/mol. The molecule has 0 unspecified atom stereocenters. The quantitative estimate of drug-likeness (QED) is 0.808. The van der Waals surface area contributed by atoms with Crippen molar-refractivity contribution in [1.29, 1.82) is 0 Å². The Morgan fingerprint density at radius 1 is 1.30 bits per heavy atom. The Labute approximate surface area is 137 Å². The van der Waals surface area contributed by atoms with Crippen molar-refractivity contribution in [2.24, 2.45) is 5.92 Å². The van der Waals surface area contributed by atoms with Gasteiger partial charge in [-0.3, -0.25) is 14.3 Å². The Kier molecular flexibility index (Phi) is 4.72. The molecule has 124 valence electrons. The Bertz CT molecular complexity index is 877. The van der Waals surface area contributed by atoms with Gasteiger partial charge in [0, 0.05) is 13.5 Å². The van der Waals surface area contributed by atoms with E-state index in [1.165, 1.54) is 30.3 Å². The number of nitrogens with zero attached hydrogens (tertiary/aromatic N) is 2. The third-order valence-electron chi connectivity index (χ3n) is 4.39. The molecule has 3 rings (SSSR count). The Morgan fingerprint density at radius 2 is 2.04 bits per heavy atom. The van der Waals surface area contributed by atoms with Gasteiger partial charge in [0.1, 0.15) is 21.5 Å². The highest BCUT2D eigenvalue weighted by Crippen LogP contribution is 2.27. The molecule has 0 amide bonds. The van der Waals surface area contributed by atoms with E-state index in [0.29, 0.717) is 24.7 Å². The molecule has 0 radical (unpaired) electrons. The molecule has 0 saturated heterocycles. The lowest BCUT2D eigenvalue weighted by atomic mass is 10.0. The van der Waals surface area contributed by atoms with Crippen molar-refractivity contribution in [3.05, 3.63) is 31.3 Å². The summed E-state index contributed by atoms with van der Waals surface area (Å²) in [6.45, 7) is 0.697. The number of methoxy groups -OCH3 is 1. The fourth-order valence-corrected chi connectivity index (χ4v) is 3.52. The molecular weight excluding hydrogens is 316 g/mol. The number of fused-ring (bicyclic) bond motifs is 1. The molecule has 1 saturated carbocycles. The van der Waals surface area contributed by atoms with E-state index in [1.54, 1.807) is 7.11 Å². The van der Waals surface area contributed by atoms with Gasteiger partial charge in [0.2, 0.25) is 0 Å². The first-order chi connectivity index (χ1) is 11.1. The second kappa shape index (κ2) is 6.76. The molecule has 0 bridgehead atoms. The van der Waals surface area contributed by atoms with E-state index in [9.17, 15) is 9.59 Å².